The van der Waals surface area contributed by atoms with Gasteiger partial charge in [-0.15, -0.1) is 0 Å². The van der Waals surface area contributed by atoms with Crippen molar-refractivity contribution in [2.45, 2.75) is 0 Å². The van der Waals surface area contributed by atoms with Gasteiger partial charge in [-0.1, -0.05) is 36.4 Å². The number of aliphatic carboxylic acids is 1. The van der Waals surface area contributed by atoms with Crippen molar-refractivity contribution in [1.29, 1.82) is 0 Å². The Hall–Kier alpha value is -2.40. The van der Waals surface area contributed by atoms with Gasteiger partial charge < -0.3 is 15.7 Å². The highest BCUT2D eigenvalue weighted by molar-refractivity contribution is 6.38. The molecule has 1 amide bonds. The SMILES string of the molecule is NCCN(C(=O)C(=O)O)c1cccc2ccccc12. The lowest BCUT2D eigenvalue weighted by Gasteiger charge is -2.21. The van der Waals surface area contributed by atoms with Gasteiger partial charge in [-0.05, 0) is 11.5 Å². The summed E-state index contributed by atoms with van der Waals surface area (Å²) in [4.78, 5) is 23.8. The summed E-state index contributed by atoms with van der Waals surface area (Å²) in [6.45, 7) is 0.362. The first-order valence-electron chi connectivity index (χ1n) is 5.87. The van der Waals surface area contributed by atoms with Crippen LogP contribution in [0.3, 0.4) is 0 Å². The fraction of sp³-hybridized carbons (Fsp3) is 0.143. The molecule has 98 valence electrons. The molecule has 5 heteroatoms. The van der Waals surface area contributed by atoms with E-state index in [4.69, 9.17) is 10.8 Å². The van der Waals surface area contributed by atoms with Crippen LogP contribution in [0, 0.1) is 0 Å². The van der Waals surface area contributed by atoms with E-state index in [9.17, 15) is 9.59 Å². The maximum Gasteiger partial charge on any atom is 0.394 e. The fourth-order valence-corrected chi connectivity index (χ4v) is 2.02. The van der Waals surface area contributed by atoms with Crippen molar-refractivity contribution in [1.82, 2.24) is 0 Å². The Morgan fingerprint density at radius 3 is 2.47 bits per heavy atom. The summed E-state index contributed by atoms with van der Waals surface area (Å²) < 4.78 is 0. The van der Waals surface area contributed by atoms with Crippen molar-refractivity contribution in [2.24, 2.45) is 5.73 Å². The molecule has 0 radical (unpaired) electrons. The summed E-state index contributed by atoms with van der Waals surface area (Å²) in [6.07, 6.45) is 0. The highest BCUT2D eigenvalue weighted by atomic mass is 16.4. The number of carbonyl (C=O) groups is 2. The summed E-state index contributed by atoms with van der Waals surface area (Å²) in [5.74, 6) is -2.46. The molecule has 19 heavy (non-hydrogen) atoms. The minimum absolute atomic E-state index is 0.166. The summed E-state index contributed by atoms with van der Waals surface area (Å²) in [5, 5.41) is 10.7. The van der Waals surface area contributed by atoms with Crippen molar-refractivity contribution in [2.75, 3.05) is 18.0 Å². The van der Waals surface area contributed by atoms with Gasteiger partial charge in [0.2, 0.25) is 0 Å². The van der Waals surface area contributed by atoms with Gasteiger partial charge >= 0.3 is 11.9 Å². The number of amides is 1. The van der Waals surface area contributed by atoms with Crippen molar-refractivity contribution in [3.05, 3.63) is 42.5 Å². The zero-order valence-corrected chi connectivity index (χ0v) is 10.2. The van der Waals surface area contributed by atoms with Crippen molar-refractivity contribution >= 4 is 28.3 Å². The Bertz CT molecular complexity index is 620. The first kappa shape index (κ1) is 13.0. The lowest BCUT2D eigenvalue weighted by atomic mass is 10.1. The molecule has 2 aromatic carbocycles. The second-order valence-electron chi connectivity index (χ2n) is 4.05. The Labute approximate surface area is 110 Å². The molecule has 2 rings (SSSR count). The van der Waals surface area contributed by atoms with Gasteiger partial charge in [-0.2, -0.15) is 0 Å². The lowest BCUT2D eigenvalue weighted by molar-refractivity contribution is -0.148. The topological polar surface area (TPSA) is 83.6 Å². The van der Waals surface area contributed by atoms with Crippen molar-refractivity contribution in [3.63, 3.8) is 0 Å². The Balaban J connectivity index is 2.56. The van der Waals surface area contributed by atoms with Gasteiger partial charge in [0, 0.05) is 18.5 Å². The molecule has 0 aromatic heterocycles. The third kappa shape index (κ3) is 2.56. The minimum Gasteiger partial charge on any atom is -0.474 e. The summed E-state index contributed by atoms with van der Waals surface area (Å²) >= 11 is 0. The van der Waals surface area contributed by atoms with Gasteiger partial charge in [0.05, 0.1) is 5.69 Å². The fourth-order valence-electron chi connectivity index (χ4n) is 2.02. The molecule has 0 unspecified atom stereocenters. The molecule has 0 aliphatic rings. The molecule has 0 spiro atoms. The Morgan fingerprint density at radius 2 is 1.79 bits per heavy atom. The van der Waals surface area contributed by atoms with Gasteiger partial charge in [0.25, 0.3) is 0 Å². The van der Waals surface area contributed by atoms with E-state index in [0.29, 0.717) is 5.69 Å². The predicted octanol–water partition coefficient (Wildman–Crippen LogP) is 1.22. The van der Waals surface area contributed by atoms with Crippen LogP contribution in [-0.2, 0) is 9.59 Å². The van der Waals surface area contributed by atoms with E-state index in [-0.39, 0.29) is 13.1 Å². The van der Waals surface area contributed by atoms with Crippen LogP contribution >= 0.6 is 0 Å². The highest BCUT2D eigenvalue weighted by Crippen LogP contribution is 2.26. The highest BCUT2D eigenvalue weighted by Gasteiger charge is 2.23. The molecule has 0 bridgehead atoms. The number of rotatable bonds is 3. The maximum atomic E-state index is 11.7. The van der Waals surface area contributed by atoms with Crippen LogP contribution in [0.2, 0.25) is 0 Å². The molecule has 0 saturated carbocycles. The average molecular weight is 258 g/mol. The molecular formula is C14H14N2O3. The van der Waals surface area contributed by atoms with E-state index in [1.807, 2.05) is 30.3 Å². The van der Waals surface area contributed by atoms with Crippen LogP contribution in [0.4, 0.5) is 5.69 Å². The van der Waals surface area contributed by atoms with E-state index in [1.165, 1.54) is 4.90 Å². The van der Waals surface area contributed by atoms with Crippen LogP contribution in [0.1, 0.15) is 0 Å². The van der Waals surface area contributed by atoms with E-state index >= 15 is 0 Å². The Kier molecular flexibility index (Phi) is 3.77. The van der Waals surface area contributed by atoms with Gasteiger partial charge in [0.1, 0.15) is 0 Å². The predicted molar refractivity (Wildman–Crippen MR) is 73.0 cm³/mol. The number of benzene rings is 2. The largest absolute Gasteiger partial charge is 0.474 e. The van der Waals surface area contributed by atoms with Crippen molar-refractivity contribution in [3.8, 4) is 0 Å². The standard InChI is InChI=1S/C14H14N2O3/c15-8-9-16(13(17)14(18)19)12-7-3-5-10-4-1-2-6-11(10)12/h1-7H,8-9,15H2,(H,18,19). The van der Waals surface area contributed by atoms with Gasteiger partial charge in [-0.3, -0.25) is 4.79 Å². The molecule has 0 aliphatic heterocycles. The molecule has 3 N–H and O–H groups in total. The molecule has 0 fully saturated rings. The zero-order chi connectivity index (χ0) is 13.8. The normalized spacial score (nSPS) is 10.4. The number of hydrogen-bond donors (Lipinski definition) is 2. The van der Waals surface area contributed by atoms with Crippen LogP contribution in [-0.4, -0.2) is 30.1 Å². The quantitative estimate of drug-likeness (QED) is 0.811. The number of fused-ring (bicyclic) bond motifs is 1. The first-order chi connectivity index (χ1) is 9.15. The summed E-state index contributed by atoms with van der Waals surface area (Å²) in [6, 6.07) is 12.9. The average Bonchev–Trinajstić information content (AvgIpc) is 2.43. The smallest absolute Gasteiger partial charge is 0.394 e. The number of nitrogens with two attached hydrogens (primary N) is 1. The number of carboxylic acid groups (broad SMARTS) is 1. The number of carboxylic acids is 1. The molecule has 5 nitrogen and oxygen atoms in total. The summed E-state index contributed by atoms with van der Waals surface area (Å²) in [5.41, 5.74) is 6.03. The molecule has 2 aromatic rings. The number of nitrogens with zero attached hydrogens (tertiary/aromatic N) is 1. The lowest BCUT2D eigenvalue weighted by Crippen LogP contribution is -2.39. The summed E-state index contributed by atoms with van der Waals surface area (Å²) in [7, 11) is 0. The van der Waals surface area contributed by atoms with E-state index in [0.717, 1.165) is 10.8 Å². The van der Waals surface area contributed by atoms with Gasteiger partial charge in [-0.25, -0.2) is 4.79 Å². The number of anilines is 1. The zero-order valence-electron chi connectivity index (χ0n) is 10.2. The molecule has 0 saturated heterocycles. The van der Waals surface area contributed by atoms with E-state index in [1.54, 1.807) is 12.1 Å². The third-order valence-corrected chi connectivity index (χ3v) is 2.84. The minimum atomic E-state index is -1.48. The maximum absolute atomic E-state index is 11.7. The number of hydrogen-bond acceptors (Lipinski definition) is 3. The Morgan fingerprint density at radius 1 is 1.11 bits per heavy atom. The van der Waals surface area contributed by atoms with Gasteiger partial charge in [0.15, 0.2) is 0 Å². The molecule has 0 aliphatic carbocycles. The van der Waals surface area contributed by atoms with Crippen LogP contribution < -0.4 is 10.6 Å². The monoisotopic (exact) mass is 258 g/mol. The number of carbonyl (C=O) groups excluding carboxylic acids is 1. The van der Waals surface area contributed by atoms with Crippen LogP contribution in [0.5, 0.6) is 0 Å². The third-order valence-electron chi connectivity index (χ3n) is 2.84. The second-order valence-corrected chi connectivity index (χ2v) is 4.05. The molecular weight excluding hydrogens is 244 g/mol. The van der Waals surface area contributed by atoms with E-state index < -0.39 is 11.9 Å². The molecule has 0 atom stereocenters. The molecule has 0 heterocycles. The van der Waals surface area contributed by atoms with Crippen molar-refractivity contribution < 1.29 is 14.7 Å². The van der Waals surface area contributed by atoms with Crippen LogP contribution in [0.25, 0.3) is 10.8 Å². The first-order valence-corrected chi connectivity index (χ1v) is 5.87. The second kappa shape index (κ2) is 5.49. The van der Waals surface area contributed by atoms with Crippen LogP contribution in [0.15, 0.2) is 42.5 Å². The van der Waals surface area contributed by atoms with E-state index in [2.05, 4.69) is 0 Å².